The molecule has 4 fully saturated rings. The van der Waals surface area contributed by atoms with E-state index in [1.165, 1.54) is 70.3 Å². The summed E-state index contributed by atoms with van der Waals surface area (Å²) in [6.07, 6.45) is 8.60. The van der Waals surface area contributed by atoms with Crippen molar-refractivity contribution in [1.29, 1.82) is 0 Å². The van der Waals surface area contributed by atoms with Gasteiger partial charge in [0, 0.05) is 18.6 Å². The van der Waals surface area contributed by atoms with Gasteiger partial charge in [-0.2, -0.15) is 0 Å². The zero-order chi connectivity index (χ0) is 18.3. The SMILES string of the molecule is O=C1C(c2ccccc2)CC2(CCN(C3CCNCC3)CC2)CN1C1CC1. The second-order valence-corrected chi connectivity index (χ2v) is 9.38. The van der Waals surface area contributed by atoms with E-state index in [-0.39, 0.29) is 5.92 Å². The molecule has 0 bridgehead atoms. The quantitative estimate of drug-likeness (QED) is 0.892. The molecule has 146 valence electrons. The molecule has 27 heavy (non-hydrogen) atoms. The number of hydrogen-bond acceptors (Lipinski definition) is 3. The minimum absolute atomic E-state index is 0.0750. The molecule has 0 radical (unpaired) electrons. The summed E-state index contributed by atoms with van der Waals surface area (Å²) < 4.78 is 0. The zero-order valence-electron chi connectivity index (χ0n) is 16.4. The summed E-state index contributed by atoms with van der Waals surface area (Å²) in [6.45, 7) is 5.80. The van der Waals surface area contributed by atoms with E-state index in [2.05, 4.69) is 45.4 Å². The monoisotopic (exact) mass is 367 g/mol. The smallest absolute Gasteiger partial charge is 0.230 e. The highest BCUT2D eigenvalue weighted by Crippen LogP contribution is 2.48. The molecule has 4 aliphatic rings. The van der Waals surface area contributed by atoms with Crippen LogP contribution < -0.4 is 5.32 Å². The standard InChI is InChI=1S/C23H33N3O/c27-22-21(18-4-2-1-3-5-18)16-23(17-26(22)20-6-7-20)10-14-25(15-11-23)19-8-12-24-13-9-19/h1-5,19-21,24H,6-17H2. The molecule has 1 aromatic carbocycles. The summed E-state index contributed by atoms with van der Waals surface area (Å²) in [6, 6.07) is 11.9. The molecule has 4 nitrogen and oxygen atoms in total. The van der Waals surface area contributed by atoms with Gasteiger partial charge in [-0.25, -0.2) is 0 Å². The number of piperidine rings is 3. The number of carbonyl (C=O) groups is 1. The van der Waals surface area contributed by atoms with Gasteiger partial charge in [0.25, 0.3) is 0 Å². The number of amides is 1. The van der Waals surface area contributed by atoms with Crippen LogP contribution in [0.5, 0.6) is 0 Å². The van der Waals surface area contributed by atoms with E-state index in [1.54, 1.807) is 0 Å². The Hall–Kier alpha value is -1.39. The Morgan fingerprint density at radius 1 is 0.926 bits per heavy atom. The number of likely N-dealkylation sites (tertiary alicyclic amines) is 2. The van der Waals surface area contributed by atoms with Crippen molar-refractivity contribution in [2.24, 2.45) is 5.41 Å². The fourth-order valence-corrected chi connectivity index (χ4v) is 5.76. The Kier molecular flexibility index (Phi) is 4.73. The van der Waals surface area contributed by atoms with Crippen molar-refractivity contribution in [1.82, 2.24) is 15.1 Å². The van der Waals surface area contributed by atoms with Crippen LogP contribution in [0.1, 0.15) is 56.4 Å². The third-order valence-electron chi connectivity index (χ3n) is 7.60. The van der Waals surface area contributed by atoms with E-state index in [9.17, 15) is 4.79 Å². The average Bonchev–Trinajstić information content (AvgIpc) is 3.57. The second kappa shape index (κ2) is 7.21. The maximum absolute atomic E-state index is 13.3. The van der Waals surface area contributed by atoms with Crippen molar-refractivity contribution in [3.63, 3.8) is 0 Å². The first kappa shape index (κ1) is 17.7. The lowest BCUT2D eigenvalue weighted by molar-refractivity contribution is -0.142. The zero-order valence-corrected chi connectivity index (χ0v) is 16.4. The van der Waals surface area contributed by atoms with Crippen LogP contribution in [-0.4, -0.2) is 60.5 Å². The summed E-state index contributed by atoms with van der Waals surface area (Å²) in [4.78, 5) is 18.3. The molecular weight excluding hydrogens is 334 g/mol. The fourth-order valence-electron chi connectivity index (χ4n) is 5.76. The number of benzene rings is 1. The predicted octanol–water partition coefficient (Wildman–Crippen LogP) is 3.00. The lowest BCUT2D eigenvalue weighted by atomic mass is 9.67. The summed E-state index contributed by atoms with van der Waals surface area (Å²) >= 11 is 0. The topological polar surface area (TPSA) is 35.6 Å². The maximum Gasteiger partial charge on any atom is 0.230 e. The van der Waals surface area contributed by atoms with Gasteiger partial charge < -0.3 is 15.1 Å². The van der Waals surface area contributed by atoms with Crippen molar-refractivity contribution in [2.45, 2.75) is 62.9 Å². The van der Waals surface area contributed by atoms with Gasteiger partial charge in [0.15, 0.2) is 0 Å². The highest BCUT2D eigenvalue weighted by atomic mass is 16.2. The van der Waals surface area contributed by atoms with E-state index in [0.717, 1.165) is 19.0 Å². The fraction of sp³-hybridized carbons (Fsp3) is 0.696. The summed E-state index contributed by atoms with van der Waals surface area (Å²) in [5.74, 6) is 0.473. The second-order valence-electron chi connectivity index (χ2n) is 9.38. The van der Waals surface area contributed by atoms with Gasteiger partial charge in [-0.3, -0.25) is 4.79 Å². The molecule has 5 rings (SSSR count). The number of rotatable bonds is 3. The van der Waals surface area contributed by atoms with Crippen LogP contribution in [0.3, 0.4) is 0 Å². The number of nitrogens with zero attached hydrogens (tertiary/aromatic N) is 2. The molecule has 1 unspecified atom stereocenters. The molecule has 1 saturated carbocycles. The molecule has 3 saturated heterocycles. The Balaban J connectivity index is 1.33. The van der Waals surface area contributed by atoms with Gasteiger partial charge >= 0.3 is 0 Å². The summed E-state index contributed by atoms with van der Waals surface area (Å²) in [5, 5.41) is 3.49. The molecule has 3 heterocycles. The van der Waals surface area contributed by atoms with Gasteiger partial charge in [-0.1, -0.05) is 30.3 Å². The molecule has 0 aromatic heterocycles. The summed E-state index contributed by atoms with van der Waals surface area (Å²) in [5.41, 5.74) is 1.56. The number of hydrogen-bond donors (Lipinski definition) is 1. The van der Waals surface area contributed by atoms with Gasteiger partial charge in [0.1, 0.15) is 0 Å². The number of carbonyl (C=O) groups excluding carboxylic acids is 1. The van der Waals surface area contributed by atoms with Gasteiger partial charge in [0.05, 0.1) is 5.92 Å². The van der Waals surface area contributed by atoms with Crippen LogP contribution in [-0.2, 0) is 4.79 Å². The van der Waals surface area contributed by atoms with E-state index >= 15 is 0 Å². The Morgan fingerprint density at radius 2 is 1.63 bits per heavy atom. The van der Waals surface area contributed by atoms with Crippen molar-refractivity contribution in [2.75, 3.05) is 32.7 Å². The molecule has 1 spiro atoms. The Labute approximate surface area is 163 Å². The molecule has 1 aliphatic carbocycles. The third kappa shape index (κ3) is 3.54. The highest BCUT2D eigenvalue weighted by Gasteiger charge is 2.49. The highest BCUT2D eigenvalue weighted by molar-refractivity contribution is 5.85. The third-order valence-corrected chi connectivity index (χ3v) is 7.60. The van der Waals surface area contributed by atoms with Gasteiger partial charge in [-0.05, 0) is 82.1 Å². The van der Waals surface area contributed by atoms with Crippen molar-refractivity contribution in [3.8, 4) is 0 Å². The molecule has 1 N–H and O–H groups in total. The lowest BCUT2D eigenvalue weighted by Gasteiger charge is -2.51. The molecule has 4 heteroatoms. The van der Waals surface area contributed by atoms with E-state index in [0.29, 0.717) is 17.4 Å². The first-order chi connectivity index (χ1) is 13.2. The van der Waals surface area contributed by atoms with Crippen molar-refractivity contribution >= 4 is 5.91 Å². The first-order valence-corrected chi connectivity index (χ1v) is 11.0. The lowest BCUT2D eigenvalue weighted by Crippen LogP contribution is -2.56. The Bertz CT molecular complexity index is 657. The van der Waals surface area contributed by atoms with Crippen molar-refractivity contribution in [3.05, 3.63) is 35.9 Å². The van der Waals surface area contributed by atoms with E-state index in [4.69, 9.17) is 0 Å². The average molecular weight is 368 g/mol. The molecule has 1 aromatic rings. The molecular formula is C23H33N3O. The van der Waals surface area contributed by atoms with Gasteiger partial charge in [-0.15, -0.1) is 0 Å². The maximum atomic E-state index is 13.3. The first-order valence-electron chi connectivity index (χ1n) is 11.0. The molecule has 3 aliphatic heterocycles. The largest absolute Gasteiger partial charge is 0.339 e. The summed E-state index contributed by atoms with van der Waals surface area (Å²) in [7, 11) is 0. The minimum atomic E-state index is 0.0750. The van der Waals surface area contributed by atoms with Crippen LogP contribution in [0, 0.1) is 5.41 Å². The van der Waals surface area contributed by atoms with Crippen LogP contribution in [0.4, 0.5) is 0 Å². The molecule has 1 atom stereocenters. The minimum Gasteiger partial charge on any atom is -0.339 e. The van der Waals surface area contributed by atoms with Crippen LogP contribution in [0.2, 0.25) is 0 Å². The van der Waals surface area contributed by atoms with E-state index < -0.39 is 0 Å². The van der Waals surface area contributed by atoms with Gasteiger partial charge in [0.2, 0.25) is 5.91 Å². The van der Waals surface area contributed by atoms with Crippen molar-refractivity contribution < 1.29 is 4.79 Å². The Morgan fingerprint density at radius 3 is 2.30 bits per heavy atom. The van der Waals surface area contributed by atoms with E-state index in [1.807, 2.05) is 0 Å². The van der Waals surface area contributed by atoms with Crippen LogP contribution in [0.15, 0.2) is 30.3 Å². The number of nitrogens with one attached hydrogen (secondary N) is 1. The van der Waals surface area contributed by atoms with Crippen LogP contribution in [0.25, 0.3) is 0 Å². The normalized spacial score (nSPS) is 30.0. The molecule has 1 amide bonds. The van der Waals surface area contributed by atoms with Crippen LogP contribution >= 0.6 is 0 Å². The predicted molar refractivity (Wildman–Crippen MR) is 108 cm³/mol.